The van der Waals surface area contributed by atoms with Crippen LogP contribution < -0.4 is 0 Å². The van der Waals surface area contributed by atoms with Gasteiger partial charge in [-0.3, -0.25) is 0 Å². The Morgan fingerprint density at radius 3 is 2.62 bits per heavy atom. The maximum absolute atomic E-state index is 5.94. The third-order valence-electron chi connectivity index (χ3n) is 1.88. The van der Waals surface area contributed by atoms with Gasteiger partial charge in [-0.1, -0.05) is 23.2 Å². The molecule has 0 spiro atoms. The van der Waals surface area contributed by atoms with E-state index in [1.807, 2.05) is 12.1 Å². The quantitative estimate of drug-likeness (QED) is 0.480. The van der Waals surface area contributed by atoms with E-state index in [1.165, 1.54) is 0 Å². The van der Waals surface area contributed by atoms with Crippen LogP contribution in [0.3, 0.4) is 0 Å². The molecule has 0 saturated heterocycles. The summed E-state index contributed by atoms with van der Waals surface area (Å²) in [5.41, 5.74) is 0.870. The van der Waals surface area contributed by atoms with Gasteiger partial charge in [0.1, 0.15) is 5.15 Å². The van der Waals surface area contributed by atoms with Crippen LogP contribution in [0, 0.1) is 3.57 Å². The molecule has 0 radical (unpaired) electrons. The van der Waals surface area contributed by atoms with Crippen molar-refractivity contribution in [2.45, 2.75) is 0 Å². The van der Waals surface area contributed by atoms with Crippen LogP contribution in [-0.2, 0) is 0 Å². The molecular formula is C10H4BrCl2IN2. The van der Waals surface area contributed by atoms with Crippen LogP contribution in [0.15, 0.2) is 28.9 Å². The van der Waals surface area contributed by atoms with Crippen molar-refractivity contribution < 1.29 is 0 Å². The highest BCUT2D eigenvalue weighted by Gasteiger charge is 2.06. The highest BCUT2D eigenvalue weighted by molar-refractivity contribution is 14.1. The number of nitrogens with zero attached hydrogens (tertiary/aromatic N) is 2. The van der Waals surface area contributed by atoms with Gasteiger partial charge in [0.2, 0.25) is 0 Å². The second-order valence-electron chi connectivity index (χ2n) is 2.96. The first kappa shape index (κ1) is 12.5. The van der Waals surface area contributed by atoms with Crippen molar-refractivity contribution in [1.29, 1.82) is 0 Å². The maximum Gasteiger partial charge on any atom is 0.160 e. The fourth-order valence-electron chi connectivity index (χ4n) is 1.12. The molecule has 0 bridgehead atoms. The summed E-state index contributed by atoms with van der Waals surface area (Å²) in [4.78, 5) is 8.41. The lowest BCUT2D eigenvalue weighted by molar-refractivity contribution is 1.16. The van der Waals surface area contributed by atoms with Crippen molar-refractivity contribution in [1.82, 2.24) is 9.97 Å². The Morgan fingerprint density at radius 1 is 1.25 bits per heavy atom. The van der Waals surface area contributed by atoms with Crippen LogP contribution >= 0.6 is 61.7 Å². The van der Waals surface area contributed by atoms with Crippen LogP contribution in [0.2, 0.25) is 10.2 Å². The molecule has 0 aliphatic rings. The molecule has 0 aliphatic carbocycles. The summed E-state index contributed by atoms with van der Waals surface area (Å²) in [6, 6.07) is 5.50. The van der Waals surface area contributed by atoms with Gasteiger partial charge in [0, 0.05) is 16.2 Å². The molecule has 2 rings (SSSR count). The molecule has 0 unspecified atom stereocenters. The summed E-state index contributed by atoms with van der Waals surface area (Å²) >= 11 is 17.3. The number of hydrogen-bond donors (Lipinski definition) is 0. The molecule has 2 aromatic rings. The van der Waals surface area contributed by atoms with Crippen molar-refractivity contribution in [2.75, 3.05) is 0 Å². The normalized spacial score (nSPS) is 10.5. The first-order chi connectivity index (χ1) is 7.58. The fraction of sp³-hybridized carbons (Fsp3) is 0. The topological polar surface area (TPSA) is 25.8 Å². The minimum absolute atomic E-state index is 0.455. The SMILES string of the molecule is Clc1ccc(-c2ncc(I)c(Cl)n2)cc1Br. The zero-order valence-corrected chi connectivity index (χ0v) is 13.0. The highest BCUT2D eigenvalue weighted by atomic mass is 127. The van der Waals surface area contributed by atoms with E-state index < -0.39 is 0 Å². The molecule has 0 aliphatic heterocycles. The first-order valence-corrected chi connectivity index (χ1v) is 6.84. The molecule has 6 heteroatoms. The standard InChI is InChI=1S/C10H4BrCl2IN2/c11-6-3-5(1-2-7(6)12)10-15-4-8(14)9(13)16-10/h1-4H. The Bertz CT molecular complexity index is 499. The molecule has 1 aromatic carbocycles. The van der Waals surface area contributed by atoms with E-state index >= 15 is 0 Å². The maximum atomic E-state index is 5.94. The number of rotatable bonds is 1. The Kier molecular flexibility index (Phi) is 4.05. The molecule has 1 heterocycles. The van der Waals surface area contributed by atoms with Gasteiger partial charge in [-0.05, 0) is 56.7 Å². The molecule has 0 amide bonds. The summed E-state index contributed by atoms with van der Waals surface area (Å²) in [6.45, 7) is 0. The van der Waals surface area contributed by atoms with Gasteiger partial charge < -0.3 is 0 Å². The number of aromatic nitrogens is 2. The Labute approximate surface area is 125 Å². The summed E-state index contributed by atoms with van der Waals surface area (Å²) in [7, 11) is 0. The van der Waals surface area contributed by atoms with Crippen molar-refractivity contribution in [3.05, 3.63) is 42.6 Å². The van der Waals surface area contributed by atoms with Gasteiger partial charge in [-0.15, -0.1) is 0 Å². The second kappa shape index (κ2) is 5.16. The zero-order chi connectivity index (χ0) is 11.7. The molecule has 0 saturated carbocycles. The van der Waals surface area contributed by atoms with Gasteiger partial charge in [-0.25, -0.2) is 9.97 Å². The smallest absolute Gasteiger partial charge is 0.160 e. The average molecular weight is 430 g/mol. The van der Waals surface area contributed by atoms with Crippen LogP contribution in [0.1, 0.15) is 0 Å². The molecule has 0 N–H and O–H groups in total. The predicted octanol–water partition coefficient (Wildman–Crippen LogP) is 4.82. The monoisotopic (exact) mass is 428 g/mol. The minimum Gasteiger partial charge on any atom is -0.235 e. The molecule has 82 valence electrons. The lowest BCUT2D eigenvalue weighted by Gasteiger charge is -2.03. The van der Waals surface area contributed by atoms with Crippen LogP contribution in [0.4, 0.5) is 0 Å². The van der Waals surface area contributed by atoms with Crippen LogP contribution in [0.25, 0.3) is 11.4 Å². The van der Waals surface area contributed by atoms with E-state index in [0.717, 1.165) is 13.6 Å². The van der Waals surface area contributed by atoms with Crippen LogP contribution in [-0.4, -0.2) is 9.97 Å². The van der Waals surface area contributed by atoms with Crippen LogP contribution in [0.5, 0.6) is 0 Å². The third-order valence-corrected chi connectivity index (χ3v) is 4.49. The van der Waals surface area contributed by atoms with Crippen molar-refractivity contribution >= 4 is 61.7 Å². The molecule has 2 nitrogen and oxygen atoms in total. The van der Waals surface area contributed by atoms with Gasteiger partial charge in [0.25, 0.3) is 0 Å². The summed E-state index contributed by atoms with van der Waals surface area (Å²) in [5, 5.41) is 1.11. The molecule has 1 aromatic heterocycles. The van der Waals surface area contributed by atoms with E-state index in [4.69, 9.17) is 23.2 Å². The first-order valence-electron chi connectivity index (χ1n) is 4.21. The van der Waals surface area contributed by atoms with Gasteiger partial charge in [0.05, 0.1) is 8.59 Å². The van der Waals surface area contributed by atoms with Gasteiger partial charge in [-0.2, -0.15) is 0 Å². The number of benzene rings is 1. The molecular weight excluding hydrogens is 426 g/mol. The lowest BCUT2D eigenvalue weighted by atomic mass is 10.2. The largest absolute Gasteiger partial charge is 0.235 e. The van der Waals surface area contributed by atoms with E-state index in [0.29, 0.717) is 16.0 Å². The second-order valence-corrected chi connectivity index (χ2v) is 5.74. The van der Waals surface area contributed by atoms with Gasteiger partial charge in [0.15, 0.2) is 5.82 Å². The number of halogens is 4. The predicted molar refractivity (Wildman–Crippen MR) is 77.9 cm³/mol. The number of hydrogen-bond acceptors (Lipinski definition) is 2. The molecule has 16 heavy (non-hydrogen) atoms. The molecule has 0 atom stereocenters. The third kappa shape index (κ3) is 2.67. The summed E-state index contributed by atoms with van der Waals surface area (Å²) in [6.07, 6.45) is 1.69. The Balaban J connectivity index is 2.50. The van der Waals surface area contributed by atoms with E-state index in [-0.39, 0.29) is 0 Å². The highest BCUT2D eigenvalue weighted by Crippen LogP contribution is 2.28. The van der Waals surface area contributed by atoms with Crippen molar-refractivity contribution in [2.24, 2.45) is 0 Å². The Hall–Kier alpha value is 0.0900. The van der Waals surface area contributed by atoms with Crippen molar-refractivity contribution in [3.63, 3.8) is 0 Å². The Morgan fingerprint density at radius 2 is 2.00 bits per heavy atom. The summed E-state index contributed by atoms with van der Waals surface area (Å²) < 4.78 is 1.64. The van der Waals surface area contributed by atoms with Gasteiger partial charge >= 0.3 is 0 Å². The van der Waals surface area contributed by atoms with Crippen molar-refractivity contribution in [3.8, 4) is 11.4 Å². The summed E-state index contributed by atoms with van der Waals surface area (Å²) in [5.74, 6) is 0.586. The fourth-order valence-corrected chi connectivity index (χ4v) is 2.01. The average Bonchev–Trinajstić information content (AvgIpc) is 2.26. The zero-order valence-electron chi connectivity index (χ0n) is 7.72. The molecule has 0 fully saturated rings. The van der Waals surface area contributed by atoms with E-state index in [2.05, 4.69) is 48.5 Å². The van der Waals surface area contributed by atoms with E-state index in [9.17, 15) is 0 Å². The lowest BCUT2D eigenvalue weighted by Crippen LogP contribution is -1.91. The van der Waals surface area contributed by atoms with E-state index in [1.54, 1.807) is 12.3 Å². The minimum atomic E-state index is 0.455.